The molecule has 0 aromatic heterocycles. The Morgan fingerprint density at radius 3 is 2.56 bits per heavy atom. The molecule has 0 spiro atoms. The van der Waals surface area contributed by atoms with Crippen molar-refractivity contribution in [1.29, 1.82) is 0 Å². The Labute approximate surface area is 95.9 Å². The first-order chi connectivity index (χ1) is 7.83. The summed E-state index contributed by atoms with van der Waals surface area (Å²) in [5, 5.41) is 0. The Balaban J connectivity index is 2.35. The lowest BCUT2D eigenvalue weighted by atomic mass is 9.96. The Morgan fingerprint density at radius 2 is 1.75 bits per heavy atom. The molecule has 0 bridgehead atoms. The number of aryl methyl sites for hydroxylation is 1. The predicted molar refractivity (Wildman–Crippen MR) is 67.5 cm³/mol. The molecule has 1 aliphatic carbocycles. The van der Waals surface area contributed by atoms with E-state index in [9.17, 15) is 0 Å². The molecule has 2 aromatic rings. The van der Waals surface area contributed by atoms with Gasteiger partial charge in [0.05, 0.1) is 0 Å². The molecule has 1 unspecified atom stereocenters. The summed E-state index contributed by atoms with van der Waals surface area (Å²) >= 11 is 0. The highest BCUT2D eigenvalue weighted by Gasteiger charge is 2.27. The van der Waals surface area contributed by atoms with E-state index < -0.39 is 0 Å². The van der Waals surface area contributed by atoms with E-state index in [1.165, 1.54) is 27.8 Å². The number of nitrogens with two attached hydrogens (primary N) is 1. The van der Waals surface area contributed by atoms with Crippen molar-refractivity contribution in [3.8, 4) is 11.1 Å². The minimum absolute atomic E-state index is 0.381. The topological polar surface area (TPSA) is 26.0 Å². The summed E-state index contributed by atoms with van der Waals surface area (Å²) in [6.45, 7) is 2.86. The highest BCUT2D eigenvalue weighted by atomic mass is 14.6. The summed E-state index contributed by atoms with van der Waals surface area (Å²) in [5.74, 6) is 0.381. The van der Waals surface area contributed by atoms with Gasteiger partial charge in [0.2, 0.25) is 0 Å². The van der Waals surface area contributed by atoms with Gasteiger partial charge in [0.25, 0.3) is 0 Å². The van der Waals surface area contributed by atoms with Gasteiger partial charge in [-0.3, -0.25) is 0 Å². The second-order valence-electron chi connectivity index (χ2n) is 4.41. The molecule has 80 valence electrons. The van der Waals surface area contributed by atoms with E-state index in [-0.39, 0.29) is 0 Å². The molecule has 16 heavy (non-hydrogen) atoms. The molecule has 1 heteroatoms. The quantitative estimate of drug-likeness (QED) is 0.767. The molecule has 2 N–H and O–H groups in total. The first kappa shape index (κ1) is 9.61. The Kier molecular flexibility index (Phi) is 2.08. The number of hydrogen-bond acceptors (Lipinski definition) is 1. The average molecular weight is 209 g/mol. The van der Waals surface area contributed by atoms with Crippen LogP contribution in [0.2, 0.25) is 0 Å². The zero-order valence-electron chi connectivity index (χ0n) is 9.40. The van der Waals surface area contributed by atoms with Gasteiger partial charge < -0.3 is 5.73 Å². The Morgan fingerprint density at radius 1 is 1.00 bits per heavy atom. The van der Waals surface area contributed by atoms with Gasteiger partial charge in [0, 0.05) is 12.5 Å². The lowest BCUT2D eigenvalue weighted by Gasteiger charge is -2.10. The molecule has 3 rings (SSSR count). The van der Waals surface area contributed by atoms with Gasteiger partial charge in [-0.2, -0.15) is 0 Å². The molecule has 0 saturated carbocycles. The molecule has 0 fully saturated rings. The normalized spacial score (nSPS) is 17.0. The van der Waals surface area contributed by atoms with E-state index in [1.807, 2.05) is 0 Å². The molecular formula is C15H15N. The van der Waals surface area contributed by atoms with E-state index in [4.69, 9.17) is 5.73 Å². The molecule has 0 amide bonds. The SMILES string of the molecule is Cc1cccc2c1-c1ccccc1C2CN. The lowest BCUT2D eigenvalue weighted by molar-refractivity contribution is 0.840. The summed E-state index contributed by atoms with van der Waals surface area (Å²) in [5.41, 5.74) is 12.8. The summed E-state index contributed by atoms with van der Waals surface area (Å²) in [7, 11) is 0. The van der Waals surface area contributed by atoms with Crippen molar-refractivity contribution in [2.24, 2.45) is 5.73 Å². The summed E-state index contributed by atoms with van der Waals surface area (Å²) in [6, 6.07) is 15.1. The molecule has 0 saturated heterocycles. The van der Waals surface area contributed by atoms with Crippen LogP contribution in [0.5, 0.6) is 0 Å². The van der Waals surface area contributed by atoms with Crippen LogP contribution in [-0.4, -0.2) is 6.54 Å². The van der Waals surface area contributed by atoms with Crippen LogP contribution < -0.4 is 5.73 Å². The van der Waals surface area contributed by atoms with Crippen LogP contribution in [0.4, 0.5) is 0 Å². The van der Waals surface area contributed by atoms with Gasteiger partial charge in [0.1, 0.15) is 0 Å². The van der Waals surface area contributed by atoms with Crippen molar-refractivity contribution >= 4 is 0 Å². The van der Waals surface area contributed by atoms with Crippen LogP contribution in [0.15, 0.2) is 42.5 Å². The third-order valence-corrected chi connectivity index (χ3v) is 3.52. The van der Waals surface area contributed by atoms with Crippen molar-refractivity contribution in [1.82, 2.24) is 0 Å². The van der Waals surface area contributed by atoms with Crippen molar-refractivity contribution in [3.05, 3.63) is 59.2 Å². The molecular weight excluding hydrogens is 194 g/mol. The minimum atomic E-state index is 0.381. The van der Waals surface area contributed by atoms with E-state index in [0.717, 1.165) is 0 Å². The van der Waals surface area contributed by atoms with E-state index in [0.29, 0.717) is 12.5 Å². The van der Waals surface area contributed by atoms with Crippen LogP contribution in [0.25, 0.3) is 11.1 Å². The Bertz CT molecular complexity index is 543. The molecule has 1 atom stereocenters. The molecule has 0 radical (unpaired) electrons. The summed E-state index contributed by atoms with van der Waals surface area (Å²) in [6.07, 6.45) is 0. The van der Waals surface area contributed by atoms with Crippen LogP contribution in [0.1, 0.15) is 22.6 Å². The van der Waals surface area contributed by atoms with Gasteiger partial charge in [-0.25, -0.2) is 0 Å². The third kappa shape index (κ3) is 1.15. The number of benzene rings is 2. The third-order valence-electron chi connectivity index (χ3n) is 3.52. The van der Waals surface area contributed by atoms with E-state index in [1.54, 1.807) is 0 Å². The number of hydrogen-bond donors (Lipinski definition) is 1. The van der Waals surface area contributed by atoms with Crippen LogP contribution >= 0.6 is 0 Å². The second-order valence-corrected chi connectivity index (χ2v) is 4.41. The van der Waals surface area contributed by atoms with E-state index >= 15 is 0 Å². The number of fused-ring (bicyclic) bond motifs is 3. The fraction of sp³-hybridized carbons (Fsp3) is 0.200. The fourth-order valence-electron chi connectivity index (χ4n) is 2.80. The van der Waals surface area contributed by atoms with Crippen LogP contribution in [-0.2, 0) is 0 Å². The Hall–Kier alpha value is -1.60. The van der Waals surface area contributed by atoms with Crippen molar-refractivity contribution in [2.45, 2.75) is 12.8 Å². The zero-order valence-corrected chi connectivity index (χ0v) is 9.40. The standard InChI is InChI=1S/C15H15N/c1-10-5-4-8-13-14(9-16)11-6-2-3-7-12(11)15(10)13/h2-8,14H,9,16H2,1H3. The zero-order chi connectivity index (χ0) is 11.1. The van der Waals surface area contributed by atoms with Crippen LogP contribution in [0.3, 0.4) is 0 Å². The maximum absolute atomic E-state index is 5.91. The maximum atomic E-state index is 5.91. The van der Waals surface area contributed by atoms with Gasteiger partial charge in [-0.1, -0.05) is 42.5 Å². The maximum Gasteiger partial charge on any atom is 0.0224 e. The molecule has 1 nitrogen and oxygen atoms in total. The molecule has 2 aromatic carbocycles. The minimum Gasteiger partial charge on any atom is -0.330 e. The van der Waals surface area contributed by atoms with Crippen molar-refractivity contribution < 1.29 is 0 Å². The monoisotopic (exact) mass is 209 g/mol. The average Bonchev–Trinajstić information content (AvgIpc) is 2.64. The highest BCUT2D eigenvalue weighted by Crippen LogP contribution is 2.45. The van der Waals surface area contributed by atoms with Gasteiger partial charge in [-0.05, 0) is 34.7 Å². The largest absolute Gasteiger partial charge is 0.330 e. The van der Waals surface area contributed by atoms with E-state index in [2.05, 4.69) is 49.4 Å². The van der Waals surface area contributed by atoms with Gasteiger partial charge >= 0.3 is 0 Å². The summed E-state index contributed by atoms with van der Waals surface area (Å²) in [4.78, 5) is 0. The molecule has 1 aliphatic rings. The van der Waals surface area contributed by atoms with Crippen molar-refractivity contribution in [3.63, 3.8) is 0 Å². The highest BCUT2D eigenvalue weighted by molar-refractivity contribution is 5.81. The number of rotatable bonds is 1. The summed E-state index contributed by atoms with van der Waals surface area (Å²) < 4.78 is 0. The predicted octanol–water partition coefficient (Wildman–Crippen LogP) is 3.07. The van der Waals surface area contributed by atoms with Gasteiger partial charge in [-0.15, -0.1) is 0 Å². The first-order valence-corrected chi connectivity index (χ1v) is 5.72. The van der Waals surface area contributed by atoms with Gasteiger partial charge in [0.15, 0.2) is 0 Å². The van der Waals surface area contributed by atoms with Crippen molar-refractivity contribution in [2.75, 3.05) is 6.54 Å². The smallest absolute Gasteiger partial charge is 0.0224 e. The molecule has 0 heterocycles. The second kappa shape index (κ2) is 3.46. The first-order valence-electron chi connectivity index (χ1n) is 5.72. The van der Waals surface area contributed by atoms with Crippen LogP contribution in [0, 0.1) is 6.92 Å². The molecule has 0 aliphatic heterocycles. The fourth-order valence-corrected chi connectivity index (χ4v) is 2.80. The lowest BCUT2D eigenvalue weighted by Crippen LogP contribution is -2.11.